The summed E-state index contributed by atoms with van der Waals surface area (Å²) in [6.07, 6.45) is 2.99. The number of hydrogen-bond donors (Lipinski definition) is 0. The van der Waals surface area contributed by atoms with Crippen LogP contribution in [0.4, 0.5) is 5.69 Å². The van der Waals surface area contributed by atoms with Crippen LogP contribution in [0.1, 0.15) is 42.0 Å². The lowest BCUT2D eigenvalue weighted by atomic mass is 9.76. The van der Waals surface area contributed by atoms with Gasteiger partial charge in [0.15, 0.2) is 0 Å². The second-order valence-corrected chi connectivity index (χ2v) is 9.01. The molecule has 0 N–H and O–H groups in total. The molecule has 5 heteroatoms. The van der Waals surface area contributed by atoms with Gasteiger partial charge in [-0.2, -0.15) is 0 Å². The van der Waals surface area contributed by atoms with Gasteiger partial charge in [-0.3, -0.25) is 4.79 Å². The number of carbonyl (C=O) groups is 1. The number of benzene rings is 3. The zero-order valence-electron chi connectivity index (χ0n) is 18.8. The van der Waals surface area contributed by atoms with Crippen LogP contribution in [-0.4, -0.2) is 25.7 Å². The van der Waals surface area contributed by atoms with Gasteiger partial charge in [0.2, 0.25) is 5.91 Å². The summed E-state index contributed by atoms with van der Waals surface area (Å²) < 4.78 is 17.7. The van der Waals surface area contributed by atoms with E-state index in [1.54, 1.807) is 0 Å². The normalized spacial score (nSPS) is 19.8. The molecule has 0 saturated carbocycles. The molecular weight excluding hydrogens is 414 g/mol. The number of fused-ring (bicyclic) bond motifs is 5. The fraction of sp³-hybridized carbons (Fsp3) is 0.321. The van der Waals surface area contributed by atoms with E-state index in [2.05, 4.69) is 25.1 Å². The van der Waals surface area contributed by atoms with Gasteiger partial charge >= 0.3 is 0 Å². The lowest BCUT2D eigenvalue weighted by Crippen LogP contribution is -2.42. The van der Waals surface area contributed by atoms with Crippen LogP contribution >= 0.6 is 0 Å². The molecule has 0 aliphatic carbocycles. The highest BCUT2D eigenvalue weighted by molar-refractivity contribution is 6.11. The van der Waals surface area contributed by atoms with Gasteiger partial charge in [0.25, 0.3) is 0 Å². The summed E-state index contributed by atoms with van der Waals surface area (Å²) >= 11 is 0. The van der Waals surface area contributed by atoms with E-state index < -0.39 is 5.41 Å². The Morgan fingerprint density at radius 2 is 1.91 bits per heavy atom. The van der Waals surface area contributed by atoms with Crippen LogP contribution in [0, 0.1) is 0 Å². The average molecular weight is 442 g/mol. The number of amides is 1. The topological polar surface area (TPSA) is 48.0 Å². The lowest BCUT2D eigenvalue weighted by molar-refractivity contribution is -0.122. The predicted octanol–water partition coefficient (Wildman–Crippen LogP) is 5.03. The average Bonchev–Trinajstić information content (AvgIpc) is 3.51. The molecule has 3 aromatic carbocycles. The molecule has 3 aliphatic rings. The van der Waals surface area contributed by atoms with Crippen molar-refractivity contribution >= 4 is 11.6 Å². The smallest absolute Gasteiger partial charge is 0.246 e. The highest BCUT2D eigenvalue weighted by atomic mass is 16.5. The second kappa shape index (κ2) is 7.84. The summed E-state index contributed by atoms with van der Waals surface area (Å²) in [5, 5.41) is 0. The molecule has 3 heterocycles. The van der Waals surface area contributed by atoms with Gasteiger partial charge in [-0.25, -0.2) is 0 Å². The molecule has 168 valence electrons. The standard InChI is InChI=1S/C28H27NO4/c1-2-3-12-31-21-8-6-7-19(14-21)17-29-24-10-5-4-9-22(24)28(27(29)30)18-33-26-16-25-20(11-13-32-25)15-23(26)28/h4-10,14-16H,2-3,11-13,17-18H2,1H3. The van der Waals surface area contributed by atoms with E-state index in [0.717, 1.165) is 64.5 Å². The minimum atomic E-state index is -0.807. The van der Waals surface area contributed by atoms with Crippen LogP contribution in [0.5, 0.6) is 17.2 Å². The number of ether oxygens (including phenoxy) is 3. The molecule has 1 unspecified atom stereocenters. The minimum absolute atomic E-state index is 0.0682. The Bertz CT molecular complexity index is 1240. The Labute approximate surface area is 193 Å². The first-order valence-electron chi connectivity index (χ1n) is 11.8. The third-order valence-corrected chi connectivity index (χ3v) is 6.97. The fourth-order valence-electron chi connectivity index (χ4n) is 5.26. The first kappa shape index (κ1) is 20.2. The maximum absolute atomic E-state index is 14.1. The van der Waals surface area contributed by atoms with Gasteiger partial charge in [-0.15, -0.1) is 0 Å². The number of unbranched alkanes of at least 4 members (excludes halogenated alkanes) is 1. The van der Waals surface area contributed by atoms with Gasteiger partial charge in [-0.1, -0.05) is 43.7 Å². The molecule has 5 nitrogen and oxygen atoms in total. The molecule has 0 aromatic heterocycles. The Kier molecular flexibility index (Phi) is 4.79. The number of hydrogen-bond acceptors (Lipinski definition) is 4. The lowest BCUT2D eigenvalue weighted by Gasteiger charge is -2.23. The van der Waals surface area contributed by atoms with Crippen molar-refractivity contribution in [2.45, 2.75) is 38.1 Å². The highest BCUT2D eigenvalue weighted by Crippen LogP contribution is 2.54. The predicted molar refractivity (Wildman–Crippen MR) is 126 cm³/mol. The maximum Gasteiger partial charge on any atom is 0.246 e. The van der Waals surface area contributed by atoms with Gasteiger partial charge in [0.1, 0.15) is 29.3 Å². The minimum Gasteiger partial charge on any atom is -0.494 e. The second-order valence-electron chi connectivity index (χ2n) is 9.01. The van der Waals surface area contributed by atoms with E-state index in [-0.39, 0.29) is 5.91 Å². The van der Waals surface area contributed by atoms with Crippen molar-refractivity contribution in [1.29, 1.82) is 0 Å². The van der Waals surface area contributed by atoms with Crippen LogP contribution in [0.3, 0.4) is 0 Å². The van der Waals surface area contributed by atoms with Crippen molar-refractivity contribution in [3.05, 3.63) is 82.9 Å². The van der Waals surface area contributed by atoms with Gasteiger partial charge in [0.05, 0.1) is 19.8 Å². The molecule has 6 rings (SSSR count). The Morgan fingerprint density at radius 1 is 1.00 bits per heavy atom. The number of carbonyl (C=O) groups excluding carboxylic acids is 1. The molecule has 1 atom stereocenters. The van der Waals surface area contributed by atoms with E-state index in [0.29, 0.717) is 26.4 Å². The number of rotatable bonds is 6. The zero-order chi connectivity index (χ0) is 22.4. The molecule has 33 heavy (non-hydrogen) atoms. The Balaban J connectivity index is 1.37. The van der Waals surface area contributed by atoms with Crippen LogP contribution < -0.4 is 19.1 Å². The summed E-state index contributed by atoms with van der Waals surface area (Å²) in [6.45, 7) is 4.34. The molecule has 1 spiro atoms. The van der Waals surface area contributed by atoms with Crippen molar-refractivity contribution in [1.82, 2.24) is 0 Å². The summed E-state index contributed by atoms with van der Waals surface area (Å²) in [7, 11) is 0. The van der Waals surface area contributed by atoms with E-state index in [4.69, 9.17) is 14.2 Å². The first-order valence-corrected chi connectivity index (χ1v) is 11.8. The fourth-order valence-corrected chi connectivity index (χ4v) is 5.26. The largest absolute Gasteiger partial charge is 0.494 e. The third kappa shape index (κ3) is 3.10. The molecule has 0 saturated heterocycles. The van der Waals surface area contributed by atoms with Gasteiger partial charge in [-0.05, 0) is 47.4 Å². The molecule has 0 radical (unpaired) electrons. The molecule has 1 amide bonds. The van der Waals surface area contributed by atoms with Gasteiger partial charge < -0.3 is 19.1 Å². The van der Waals surface area contributed by atoms with E-state index >= 15 is 0 Å². The molecular formula is C28H27NO4. The number of anilines is 1. The van der Waals surface area contributed by atoms with Crippen molar-refractivity contribution < 1.29 is 19.0 Å². The SMILES string of the molecule is CCCCOc1cccc(CN2C(=O)C3(COc4cc5c(cc43)CCO5)c3ccccc32)c1. The Hall–Kier alpha value is -3.47. The zero-order valence-corrected chi connectivity index (χ0v) is 18.8. The van der Waals surface area contributed by atoms with Crippen molar-refractivity contribution in [3.8, 4) is 17.2 Å². The Morgan fingerprint density at radius 3 is 2.82 bits per heavy atom. The third-order valence-electron chi connectivity index (χ3n) is 6.97. The monoisotopic (exact) mass is 441 g/mol. The first-order chi connectivity index (χ1) is 16.2. The van der Waals surface area contributed by atoms with Gasteiger partial charge in [0, 0.05) is 23.7 Å². The van der Waals surface area contributed by atoms with Crippen molar-refractivity contribution in [2.75, 3.05) is 24.7 Å². The van der Waals surface area contributed by atoms with Crippen LogP contribution in [0.25, 0.3) is 0 Å². The van der Waals surface area contributed by atoms with Crippen LogP contribution in [0.2, 0.25) is 0 Å². The molecule has 0 fully saturated rings. The maximum atomic E-state index is 14.1. The molecule has 0 bridgehead atoms. The van der Waals surface area contributed by atoms with E-state index in [1.807, 2.05) is 47.4 Å². The van der Waals surface area contributed by atoms with E-state index in [9.17, 15) is 4.79 Å². The summed E-state index contributed by atoms with van der Waals surface area (Å²) in [5.41, 5.74) is 4.32. The van der Waals surface area contributed by atoms with Crippen LogP contribution in [0.15, 0.2) is 60.7 Å². The number of nitrogens with zero attached hydrogens (tertiary/aromatic N) is 1. The van der Waals surface area contributed by atoms with E-state index in [1.165, 1.54) is 0 Å². The summed E-state index contributed by atoms with van der Waals surface area (Å²) in [4.78, 5) is 16.0. The highest BCUT2D eigenvalue weighted by Gasteiger charge is 2.57. The van der Waals surface area contributed by atoms with Crippen molar-refractivity contribution in [3.63, 3.8) is 0 Å². The summed E-state index contributed by atoms with van der Waals surface area (Å²) in [5.74, 6) is 2.55. The molecule has 3 aliphatic heterocycles. The van der Waals surface area contributed by atoms with Crippen molar-refractivity contribution in [2.24, 2.45) is 0 Å². The summed E-state index contributed by atoms with van der Waals surface area (Å²) in [6, 6.07) is 20.3. The molecule has 3 aromatic rings. The van der Waals surface area contributed by atoms with Crippen LogP contribution in [-0.2, 0) is 23.2 Å². The number of para-hydroxylation sites is 1. The quantitative estimate of drug-likeness (QED) is 0.504.